The molecular weight excluding hydrogens is 210 g/mol. The molecule has 0 saturated carbocycles. The van der Waals surface area contributed by atoms with Crippen molar-refractivity contribution in [2.45, 2.75) is 38.1 Å². The van der Waals surface area contributed by atoms with Crippen LogP contribution >= 0.6 is 0 Å². The lowest BCUT2D eigenvalue weighted by Crippen LogP contribution is -2.56. The Bertz CT molecular complexity index is 456. The molecule has 0 radical (unpaired) electrons. The second kappa shape index (κ2) is 3.49. The second-order valence-electron chi connectivity index (χ2n) is 6.05. The lowest BCUT2D eigenvalue weighted by atomic mass is 9.59. The van der Waals surface area contributed by atoms with E-state index in [0.717, 1.165) is 6.42 Å². The highest BCUT2D eigenvalue weighted by atomic mass is 16.3. The van der Waals surface area contributed by atoms with Crippen LogP contribution in [-0.2, 0) is 11.8 Å². The lowest BCUT2D eigenvalue weighted by Gasteiger charge is -2.53. The van der Waals surface area contributed by atoms with E-state index in [1.165, 1.54) is 24.1 Å². The van der Waals surface area contributed by atoms with Crippen molar-refractivity contribution in [3.05, 3.63) is 29.3 Å². The van der Waals surface area contributed by atoms with E-state index in [4.69, 9.17) is 0 Å². The predicted octanol–water partition coefficient (Wildman–Crippen LogP) is 2.55. The Kier molecular flexibility index (Phi) is 2.27. The van der Waals surface area contributed by atoms with Crippen LogP contribution in [0.5, 0.6) is 5.75 Å². The molecule has 2 bridgehead atoms. The summed E-state index contributed by atoms with van der Waals surface area (Å²) in [7, 11) is 2.24. The molecule has 1 aliphatic heterocycles. The van der Waals surface area contributed by atoms with Gasteiger partial charge in [0.15, 0.2) is 0 Å². The zero-order chi connectivity index (χ0) is 12.2. The second-order valence-corrected chi connectivity index (χ2v) is 6.05. The molecular formula is C15H21NO. The minimum Gasteiger partial charge on any atom is -0.508 e. The first-order chi connectivity index (χ1) is 8.02. The summed E-state index contributed by atoms with van der Waals surface area (Å²) < 4.78 is 0. The van der Waals surface area contributed by atoms with Gasteiger partial charge in [0.05, 0.1) is 0 Å². The summed E-state index contributed by atoms with van der Waals surface area (Å²) in [4.78, 5) is 2.50. The Labute approximate surface area is 103 Å². The Morgan fingerprint density at radius 2 is 2.18 bits per heavy atom. The van der Waals surface area contributed by atoms with Crippen LogP contribution in [0, 0.1) is 5.92 Å². The fourth-order valence-electron chi connectivity index (χ4n) is 3.82. The highest BCUT2D eigenvalue weighted by Gasteiger charge is 2.47. The zero-order valence-electron chi connectivity index (χ0n) is 10.9. The predicted molar refractivity (Wildman–Crippen MR) is 69.4 cm³/mol. The van der Waals surface area contributed by atoms with E-state index in [-0.39, 0.29) is 5.41 Å². The molecule has 0 spiro atoms. The fourth-order valence-corrected chi connectivity index (χ4v) is 3.82. The quantitative estimate of drug-likeness (QED) is 0.741. The minimum absolute atomic E-state index is 0.240. The average molecular weight is 231 g/mol. The van der Waals surface area contributed by atoms with Gasteiger partial charge in [-0.15, -0.1) is 0 Å². The third-order valence-electron chi connectivity index (χ3n) is 5.27. The van der Waals surface area contributed by atoms with Gasteiger partial charge < -0.3 is 10.0 Å². The SMILES string of the molecule is CC1C2Cc3ccc(O)cc3[C@@]1(C)CCN2C. The number of hydrogen-bond donors (Lipinski definition) is 1. The van der Waals surface area contributed by atoms with Crippen molar-refractivity contribution in [1.82, 2.24) is 4.90 Å². The third-order valence-corrected chi connectivity index (χ3v) is 5.27. The van der Waals surface area contributed by atoms with E-state index in [1.54, 1.807) is 0 Å². The summed E-state index contributed by atoms with van der Waals surface area (Å²) in [5, 5.41) is 9.73. The maximum Gasteiger partial charge on any atom is 0.115 e. The lowest BCUT2D eigenvalue weighted by molar-refractivity contribution is 0.0506. The van der Waals surface area contributed by atoms with Crippen molar-refractivity contribution in [2.24, 2.45) is 5.92 Å². The molecule has 1 aromatic rings. The van der Waals surface area contributed by atoms with Gasteiger partial charge in [0.25, 0.3) is 0 Å². The number of phenols is 1. The number of likely N-dealkylation sites (tertiary alicyclic amines) is 1. The third kappa shape index (κ3) is 1.43. The summed E-state index contributed by atoms with van der Waals surface area (Å²) in [6.45, 7) is 5.91. The number of fused-ring (bicyclic) bond motifs is 4. The van der Waals surface area contributed by atoms with Gasteiger partial charge in [-0.2, -0.15) is 0 Å². The van der Waals surface area contributed by atoms with Gasteiger partial charge in [-0.25, -0.2) is 0 Å². The molecule has 3 atom stereocenters. The van der Waals surface area contributed by atoms with E-state index in [2.05, 4.69) is 31.9 Å². The van der Waals surface area contributed by atoms with E-state index < -0.39 is 0 Å². The summed E-state index contributed by atoms with van der Waals surface area (Å²) in [5.74, 6) is 1.07. The fraction of sp³-hybridized carbons (Fsp3) is 0.600. The van der Waals surface area contributed by atoms with Gasteiger partial charge in [0, 0.05) is 6.04 Å². The summed E-state index contributed by atoms with van der Waals surface area (Å²) in [5.41, 5.74) is 3.05. The van der Waals surface area contributed by atoms with Crippen LogP contribution in [0.1, 0.15) is 31.4 Å². The van der Waals surface area contributed by atoms with Crippen LogP contribution in [0.4, 0.5) is 0 Å². The largest absolute Gasteiger partial charge is 0.508 e. The Hall–Kier alpha value is -1.02. The van der Waals surface area contributed by atoms with E-state index in [0.29, 0.717) is 17.7 Å². The van der Waals surface area contributed by atoms with Crippen LogP contribution in [0.25, 0.3) is 0 Å². The first-order valence-electron chi connectivity index (χ1n) is 6.55. The first-order valence-corrected chi connectivity index (χ1v) is 6.55. The molecule has 2 aliphatic rings. The number of aromatic hydroxyl groups is 1. The summed E-state index contributed by atoms with van der Waals surface area (Å²) in [6, 6.07) is 6.59. The van der Waals surface area contributed by atoms with E-state index in [1.807, 2.05) is 12.1 Å². The number of rotatable bonds is 0. The van der Waals surface area contributed by atoms with Gasteiger partial charge in [0.1, 0.15) is 5.75 Å². The minimum atomic E-state index is 0.240. The van der Waals surface area contributed by atoms with Crippen molar-refractivity contribution in [1.29, 1.82) is 0 Å². The molecule has 2 nitrogen and oxygen atoms in total. The molecule has 3 rings (SSSR count). The Morgan fingerprint density at radius 3 is 2.94 bits per heavy atom. The molecule has 2 heteroatoms. The molecule has 1 aliphatic carbocycles. The molecule has 17 heavy (non-hydrogen) atoms. The van der Waals surface area contributed by atoms with Crippen LogP contribution < -0.4 is 0 Å². The van der Waals surface area contributed by atoms with Gasteiger partial charge in [0.2, 0.25) is 0 Å². The molecule has 1 heterocycles. The number of piperidine rings is 1. The van der Waals surface area contributed by atoms with Crippen LogP contribution in [0.3, 0.4) is 0 Å². The topological polar surface area (TPSA) is 23.5 Å². The van der Waals surface area contributed by atoms with E-state index >= 15 is 0 Å². The Morgan fingerprint density at radius 1 is 1.41 bits per heavy atom. The summed E-state index contributed by atoms with van der Waals surface area (Å²) >= 11 is 0. The number of hydrogen-bond acceptors (Lipinski definition) is 2. The molecule has 1 aromatic carbocycles. The smallest absolute Gasteiger partial charge is 0.115 e. The number of phenolic OH excluding ortho intramolecular Hbond substituents is 1. The normalized spacial score (nSPS) is 36.6. The van der Waals surface area contributed by atoms with Gasteiger partial charge in [-0.3, -0.25) is 0 Å². The zero-order valence-corrected chi connectivity index (χ0v) is 10.9. The van der Waals surface area contributed by atoms with Crippen LogP contribution in [0.2, 0.25) is 0 Å². The standard InChI is InChI=1S/C15H21NO/c1-10-14-8-11-4-5-12(17)9-13(11)15(10,2)6-7-16(14)3/h4-5,9-10,14,17H,6-8H2,1-3H3/t10?,14?,15-/m0/s1. The molecule has 92 valence electrons. The number of likely N-dealkylation sites (N-methyl/N-ethyl adjacent to an activating group) is 1. The van der Waals surface area contributed by atoms with Crippen molar-refractivity contribution >= 4 is 0 Å². The molecule has 0 amide bonds. The molecule has 0 aromatic heterocycles. The highest BCUT2D eigenvalue weighted by molar-refractivity contribution is 5.44. The maximum atomic E-state index is 9.73. The number of benzene rings is 1. The van der Waals surface area contributed by atoms with Crippen molar-refractivity contribution in [3.8, 4) is 5.75 Å². The maximum absolute atomic E-state index is 9.73. The molecule has 1 fully saturated rings. The van der Waals surface area contributed by atoms with Gasteiger partial charge in [-0.05, 0) is 61.0 Å². The summed E-state index contributed by atoms with van der Waals surface area (Å²) in [6.07, 6.45) is 2.32. The first kappa shape index (κ1) is 11.1. The van der Waals surface area contributed by atoms with E-state index in [9.17, 15) is 5.11 Å². The van der Waals surface area contributed by atoms with Crippen molar-refractivity contribution in [3.63, 3.8) is 0 Å². The van der Waals surface area contributed by atoms with Crippen molar-refractivity contribution in [2.75, 3.05) is 13.6 Å². The Balaban J connectivity index is 2.16. The van der Waals surface area contributed by atoms with Crippen LogP contribution in [-0.4, -0.2) is 29.6 Å². The van der Waals surface area contributed by atoms with Crippen molar-refractivity contribution < 1.29 is 5.11 Å². The molecule has 1 saturated heterocycles. The van der Waals surface area contributed by atoms with Gasteiger partial charge >= 0.3 is 0 Å². The number of nitrogens with zero attached hydrogens (tertiary/aromatic N) is 1. The molecule has 1 N–H and O–H groups in total. The van der Waals surface area contributed by atoms with Gasteiger partial charge in [-0.1, -0.05) is 19.9 Å². The average Bonchev–Trinajstić information content (AvgIpc) is 2.30. The highest BCUT2D eigenvalue weighted by Crippen LogP contribution is 2.48. The monoisotopic (exact) mass is 231 g/mol. The van der Waals surface area contributed by atoms with Crippen LogP contribution in [0.15, 0.2) is 18.2 Å². The molecule has 2 unspecified atom stereocenters.